The molecule has 0 aromatic carbocycles. The summed E-state index contributed by atoms with van der Waals surface area (Å²) in [5.74, 6) is 0.997. The number of halogens is 1. The molecule has 0 N–H and O–H groups in total. The lowest BCUT2D eigenvalue weighted by molar-refractivity contribution is 0.554. The van der Waals surface area contributed by atoms with Crippen molar-refractivity contribution in [2.45, 2.75) is 77.6 Å². The van der Waals surface area contributed by atoms with E-state index in [-0.39, 0.29) is 17.0 Å². The van der Waals surface area contributed by atoms with E-state index >= 15 is 0 Å². The number of aryl methyl sites for hydroxylation is 1. The van der Waals surface area contributed by atoms with Crippen LogP contribution in [0, 0.1) is 0 Å². The van der Waals surface area contributed by atoms with E-state index in [9.17, 15) is 0 Å². The monoisotopic (exact) mass is 328 g/mol. The SMILES string of the molecule is Br.CCCCCCCCCCCCc1ncccn1. The Kier molecular flexibility index (Phi) is 13.7. The molecule has 0 aliphatic carbocycles. The average Bonchev–Trinajstić information content (AvgIpc) is 2.42. The molecule has 0 fully saturated rings. The molecule has 0 saturated carbocycles. The zero-order valence-corrected chi connectivity index (χ0v) is 14.0. The number of rotatable bonds is 11. The average molecular weight is 329 g/mol. The van der Waals surface area contributed by atoms with E-state index in [1.807, 2.05) is 18.5 Å². The molecule has 0 spiro atoms. The molecule has 0 aliphatic rings. The summed E-state index contributed by atoms with van der Waals surface area (Å²) in [7, 11) is 0. The van der Waals surface area contributed by atoms with Gasteiger partial charge in [0.25, 0.3) is 0 Å². The summed E-state index contributed by atoms with van der Waals surface area (Å²) >= 11 is 0. The molecule has 0 radical (unpaired) electrons. The molecule has 0 aliphatic heterocycles. The Bertz CT molecular complexity index is 277. The van der Waals surface area contributed by atoms with Gasteiger partial charge in [-0.1, -0.05) is 64.7 Å². The van der Waals surface area contributed by atoms with Gasteiger partial charge in [-0.05, 0) is 12.5 Å². The van der Waals surface area contributed by atoms with E-state index in [1.54, 1.807) is 0 Å². The van der Waals surface area contributed by atoms with Crippen molar-refractivity contribution in [1.29, 1.82) is 0 Å². The van der Waals surface area contributed by atoms with Gasteiger partial charge < -0.3 is 0 Å². The van der Waals surface area contributed by atoms with E-state index in [0.29, 0.717) is 0 Å². The topological polar surface area (TPSA) is 25.8 Å². The van der Waals surface area contributed by atoms with Crippen LogP contribution in [-0.4, -0.2) is 9.97 Å². The first-order chi connectivity index (χ1) is 8.93. The summed E-state index contributed by atoms with van der Waals surface area (Å²) in [6, 6.07) is 1.88. The molecule has 1 aromatic heterocycles. The minimum absolute atomic E-state index is 0. The molecule has 0 saturated heterocycles. The zero-order valence-electron chi connectivity index (χ0n) is 12.3. The van der Waals surface area contributed by atoms with Crippen molar-refractivity contribution in [2.24, 2.45) is 0 Å². The van der Waals surface area contributed by atoms with E-state index in [1.165, 1.54) is 64.2 Å². The van der Waals surface area contributed by atoms with E-state index < -0.39 is 0 Å². The van der Waals surface area contributed by atoms with Crippen LogP contribution in [0.2, 0.25) is 0 Å². The largest absolute Gasteiger partial charge is 0.241 e. The number of unbranched alkanes of at least 4 members (excludes halogenated alkanes) is 9. The Morgan fingerprint density at radius 3 is 1.74 bits per heavy atom. The van der Waals surface area contributed by atoms with Gasteiger partial charge in [0, 0.05) is 18.8 Å². The Hall–Kier alpha value is -0.440. The first-order valence-electron chi connectivity index (χ1n) is 7.69. The lowest BCUT2D eigenvalue weighted by Gasteiger charge is -2.02. The van der Waals surface area contributed by atoms with Crippen molar-refractivity contribution in [3.63, 3.8) is 0 Å². The molecule has 0 amide bonds. The Morgan fingerprint density at radius 2 is 1.21 bits per heavy atom. The molecule has 1 heterocycles. The van der Waals surface area contributed by atoms with E-state index in [4.69, 9.17) is 0 Å². The van der Waals surface area contributed by atoms with Crippen LogP contribution in [0.15, 0.2) is 18.5 Å². The predicted octanol–water partition coefficient (Wildman–Crippen LogP) is 5.52. The number of hydrogen-bond acceptors (Lipinski definition) is 2. The van der Waals surface area contributed by atoms with E-state index in [0.717, 1.165) is 12.2 Å². The van der Waals surface area contributed by atoms with Crippen molar-refractivity contribution in [3.8, 4) is 0 Å². The van der Waals surface area contributed by atoms with Crippen molar-refractivity contribution in [3.05, 3.63) is 24.3 Å². The first kappa shape index (κ1) is 18.6. The quantitative estimate of drug-likeness (QED) is 0.500. The normalized spacial score (nSPS) is 10.2. The third-order valence-corrected chi connectivity index (χ3v) is 3.37. The minimum Gasteiger partial charge on any atom is -0.241 e. The molecule has 0 bridgehead atoms. The van der Waals surface area contributed by atoms with Crippen molar-refractivity contribution in [1.82, 2.24) is 9.97 Å². The maximum atomic E-state index is 4.24. The van der Waals surface area contributed by atoms with Crippen molar-refractivity contribution in [2.75, 3.05) is 0 Å². The molecule has 3 heteroatoms. The van der Waals surface area contributed by atoms with Crippen LogP contribution in [0.1, 0.15) is 77.0 Å². The third kappa shape index (κ3) is 11.1. The number of nitrogens with zero attached hydrogens (tertiary/aromatic N) is 2. The zero-order chi connectivity index (χ0) is 12.9. The summed E-state index contributed by atoms with van der Waals surface area (Å²) in [6.45, 7) is 2.27. The van der Waals surface area contributed by atoms with Gasteiger partial charge in [-0.25, -0.2) is 9.97 Å². The first-order valence-corrected chi connectivity index (χ1v) is 7.69. The van der Waals surface area contributed by atoms with Crippen LogP contribution in [-0.2, 0) is 6.42 Å². The second-order valence-electron chi connectivity index (χ2n) is 5.10. The number of hydrogen-bond donors (Lipinski definition) is 0. The second kappa shape index (κ2) is 14.0. The van der Waals surface area contributed by atoms with Crippen molar-refractivity contribution < 1.29 is 0 Å². The third-order valence-electron chi connectivity index (χ3n) is 3.37. The van der Waals surface area contributed by atoms with Crippen LogP contribution >= 0.6 is 17.0 Å². The fourth-order valence-corrected chi connectivity index (χ4v) is 2.23. The van der Waals surface area contributed by atoms with Gasteiger partial charge >= 0.3 is 0 Å². The fourth-order valence-electron chi connectivity index (χ4n) is 2.23. The summed E-state index contributed by atoms with van der Waals surface area (Å²) in [5, 5.41) is 0. The van der Waals surface area contributed by atoms with Gasteiger partial charge in [-0.3, -0.25) is 0 Å². The molecule has 1 aromatic rings. The fraction of sp³-hybridized carbons (Fsp3) is 0.750. The number of aromatic nitrogens is 2. The summed E-state index contributed by atoms with van der Waals surface area (Å²) in [5.41, 5.74) is 0. The predicted molar refractivity (Wildman–Crippen MR) is 87.9 cm³/mol. The minimum atomic E-state index is 0. The van der Waals surface area contributed by atoms with Gasteiger partial charge in [0.2, 0.25) is 0 Å². The van der Waals surface area contributed by atoms with Crippen LogP contribution in [0.25, 0.3) is 0 Å². The molecular formula is C16H29BrN2. The van der Waals surface area contributed by atoms with E-state index in [2.05, 4.69) is 16.9 Å². The van der Waals surface area contributed by atoms with Crippen LogP contribution in [0.5, 0.6) is 0 Å². The molecule has 19 heavy (non-hydrogen) atoms. The molecule has 1 rings (SSSR count). The second-order valence-corrected chi connectivity index (χ2v) is 5.10. The highest BCUT2D eigenvalue weighted by molar-refractivity contribution is 8.93. The molecular weight excluding hydrogens is 300 g/mol. The summed E-state index contributed by atoms with van der Waals surface area (Å²) in [6.07, 6.45) is 18.5. The van der Waals surface area contributed by atoms with Crippen molar-refractivity contribution >= 4 is 17.0 Å². The lowest BCUT2D eigenvalue weighted by atomic mass is 10.1. The summed E-state index contributed by atoms with van der Waals surface area (Å²) in [4.78, 5) is 8.49. The molecule has 0 atom stereocenters. The van der Waals surface area contributed by atoms with Crippen LogP contribution in [0.4, 0.5) is 0 Å². The van der Waals surface area contributed by atoms with Gasteiger partial charge in [-0.2, -0.15) is 0 Å². The van der Waals surface area contributed by atoms with Gasteiger partial charge in [-0.15, -0.1) is 17.0 Å². The standard InChI is InChI=1S/C16H28N2.BrH/c1-2-3-4-5-6-7-8-9-10-11-13-16-17-14-12-15-18-16;/h12,14-15H,2-11,13H2,1H3;1H. The molecule has 2 nitrogen and oxygen atoms in total. The molecule has 0 unspecified atom stereocenters. The summed E-state index contributed by atoms with van der Waals surface area (Å²) < 4.78 is 0. The highest BCUT2D eigenvalue weighted by Crippen LogP contribution is 2.11. The Morgan fingerprint density at radius 1 is 0.737 bits per heavy atom. The van der Waals surface area contributed by atoms with Crippen LogP contribution in [0.3, 0.4) is 0 Å². The Labute approximate surface area is 129 Å². The lowest BCUT2D eigenvalue weighted by Crippen LogP contribution is -1.93. The smallest absolute Gasteiger partial charge is 0.128 e. The Balaban J connectivity index is 0.00000324. The maximum absolute atomic E-state index is 4.24. The van der Waals surface area contributed by atoms with Gasteiger partial charge in [0.05, 0.1) is 0 Å². The molecule has 110 valence electrons. The maximum Gasteiger partial charge on any atom is 0.128 e. The van der Waals surface area contributed by atoms with Gasteiger partial charge in [0.1, 0.15) is 5.82 Å². The highest BCUT2D eigenvalue weighted by Gasteiger charge is 1.95. The highest BCUT2D eigenvalue weighted by atomic mass is 79.9. The van der Waals surface area contributed by atoms with Crippen LogP contribution < -0.4 is 0 Å². The van der Waals surface area contributed by atoms with Gasteiger partial charge in [0.15, 0.2) is 0 Å².